The van der Waals surface area contributed by atoms with Gasteiger partial charge in [-0.05, 0) is 48.9 Å². The van der Waals surface area contributed by atoms with E-state index >= 15 is 0 Å². The molecule has 0 saturated heterocycles. The maximum absolute atomic E-state index is 12.4. The Bertz CT molecular complexity index is 913. The molecule has 0 unspecified atom stereocenters. The van der Waals surface area contributed by atoms with Gasteiger partial charge in [0.25, 0.3) is 0 Å². The molecule has 3 aromatic carbocycles. The highest BCUT2D eigenvalue weighted by molar-refractivity contribution is 7.99. The minimum absolute atomic E-state index is 0.126. The van der Waals surface area contributed by atoms with Crippen LogP contribution in [0.4, 0.5) is 11.4 Å². The topological polar surface area (TPSA) is 50.4 Å². The van der Waals surface area contributed by atoms with Crippen LogP contribution in [0.25, 0.3) is 0 Å². The second kappa shape index (κ2) is 9.14. The Morgan fingerprint density at radius 1 is 0.963 bits per heavy atom. The van der Waals surface area contributed by atoms with Gasteiger partial charge < -0.3 is 15.4 Å². The summed E-state index contributed by atoms with van der Waals surface area (Å²) < 4.78 is 5.31. The molecule has 0 bridgehead atoms. The lowest BCUT2D eigenvalue weighted by Gasteiger charge is -2.13. The first-order valence-electron chi connectivity index (χ1n) is 8.66. The number of rotatable bonds is 7. The molecule has 0 radical (unpaired) electrons. The summed E-state index contributed by atoms with van der Waals surface area (Å²) in [5.41, 5.74) is 2.66. The third kappa shape index (κ3) is 5.28. The molecule has 0 saturated carbocycles. The molecule has 4 nitrogen and oxygen atoms in total. The quantitative estimate of drug-likeness (QED) is 0.593. The Labute approximate surface area is 164 Å². The number of ether oxygens (including phenoxy) is 1. The van der Waals surface area contributed by atoms with Crippen molar-refractivity contribution in [3.63, 3.8) is 0 Å². The number of carbonyl (C=O) groups excluding carboxylic acids is 1. The maximum Gasteiger partial charge on any atom is 0.243 e. The summed E-state index contributed by atoms with van der Waals surface area (Å²) in [7, 11) is 1.59. The average molecular weight is 378 g/mol. The number of aryl methyl sites for hydroxylation is 1. The lowest BCUT2D eigenvalue weighted by atomic mass is 10.2. The first kappa shape index (κ1) is 18.9. The van der Waals surface area contributed by atoms with Crippen LogP contribution in [0.15, 0.2) is 82.6 Å². The van der Waals surface area contributed by atoms with E-state index in [9.17, 15) is 4.79 Å². The number of nitrogens with one attached hydrogen (secondary N) is 2. The van der Waals surface area contributed by atoms with E-state index in [-0.39, 0.29) is 12.5 Å². The monoisotopic (exact) mass is 378 g/mol. The second-order valence-electron chi connectivity index (χ2n) is 6.02. The van der Waals surface area contributed by atoms with Crippen LogP contribution in [0, 0.1) is 6.92 Å². The third-order valence-electron chi connectivity index (χ3n) is 3.93. The summed E-state index contributed by atoms with van der Waals surface area (Å²) in [5, 5.41) is 6.14. The van der Waals surface area contributed by atoms with Gasteiger partial charge in [0, 0.05) is 15.5 Å². The first-order valence-corrected chi connectivity index (χ1v) is 9.47. The Kier molecular flexibility index (Phi) is 6.39. The van der Waals surface area contributed by atoms with E-state index in [1.807, 2.05) is 67.6 Å². The number of para-hydroxylation sites is 1. The van der Waals surface area contributed by atoms with Crippen LogP contribution >= 0.6 is 11.8 Å². The van der Waals surface area contributed by atoms with Gasteiger partial charge in [-0.15, -0.1) is 0 Å². The van der Waals surface area contributed by atoms with E-state index in [0.29, 0.717) is 11.4 Å². The highest BCUT2D eigenvalue weighted by Gasteiger charge is 2.09. The molecular formula is C22H22N2O2S. The van der Waals surface area contributed by atoms with Gasteiger partial charge in [0.15, 0.2) is 0 Å². The van der Waals surface area contributed by atoms with Crippen LogP contribution in [0.3, 0.4) is 0 Å². The van der Waals surface area contributed by atoms with Crippen LogP contribution in [0.2, 0.25) is 0 Å². The molecule has 0 aromatic heterocycles. The second-order valence-corrected chi connectivity index (χ2v) is 7.13. The van der Waals surface area contributed by atoms with Gasteiger partial charge in [-0.3, -0.25) is 4.79 Å². The van der Waals surface area contributed by atoms with E-state index in [1.165, 1.54) is 0 Å². The lowest BCUT2D eigenvalue weighted by molar-refractivity contribution is -0.114. The SMILES string of the molecule is COc1ccc(C)cc1NC(=O)CNc1ccccc1Sc1ccccc1. The number of methoxy groups -OCH3 is 1. The number of hydrogen-bond acceptors (Lipinski definition) is 4. The Morgan fingerprint density at radius 3 is 2.48 bits per heavy atom. The maximum atomic E-state index is 12.4. The first-order chi connectivity index (χ1) is 13.2. The summed E-state index contributed by atoms with van der Waals surface area (Å²) in [6, 6.07) is 23.8. The van der Waals surface area contributed by atoms with Crippen molar-refractivity contribution in [2.75, 3.05) is 24.3 Å². The molecule has 0 heterocycles. The summed E-state index contributed by atoms with van der Waals surface area (Å²) >= 11 is 1.66. The van der Waals surface area contributed by atoms with Crippen molar-refractivity contribution < 1.29 is 9.53 Å². The molecule has 0 spiro atoms. The summed E-state index contributed by atoms with van der Waals surface area (Å²) in [4.78, 5) is 14.6. The van der Waals surface area contributed by atoms with Gasteiger partial charge in [-0.1, -0.05) is 48.2 Å². The van der Waals surface area contributed by atoms with E-state index in [4.69, 9.17) is 4.74 Å². The van der Waals surface area contributed by atoms with Crippen molar-refractivity contribution in [3.05, 3.63) is 78.4 Å². The smallest absolute Gasteiger partial charge is 0.243 e. The number of carbonyl (C=O) groups is 1. The van der Waals surface area contributed by atoms with Gasteiger partial charge >= 0.3 is 0 Å². The van der Waals surface area contributed by atoms with Crippen LogP contribution < -0.4 is 15.4 Å². The molecule has 0 aliphatic rings. The lowest BCUT2D eigenvalue weighted by Crippen LogP contribution is -2.22. The zero-order chi connectivity index (χ0) is 19.1. The fourth-order valence-corrected chi connectivity index (χ4v) is 3.55. The van der Waals surface area contributed by atoms with Crippen molar-refractivity contribution in [2.24, 2.45) is 0 Å². The number of benzene rings is 3. The van der Waals surface area contributed by atoms with Crippen LogP contribution in [-0.2, 0) is 4.79 Å². The molecule has 27 heavy (non-hydrogen) atoms. The summed E-state index contributed by atoms with van der Waals surface area (Å²) in [6.45, 7) is 2.15. The molecule has 5 heteroatoms. The van der Waals surface area contributed by atoms with Crippen LogP contribution in [-0.4, -0.2) is 19.6 Å². The molecule has 0 aliphatic carbocycles. The fraction of sp³-hybridized carbons (Fsp3) is 0.136. The van der Waals surface area contributed by atoms with Crippen molar-refractivity contribution in [1.82, 2.24) is 0 Å². The molecular weight excluding hydrogens is 356 g/mol. The molecule has 3 rings (SSSR count). The standard InChI is InChI=1S/C22H22N2O2S/c1-16-12-13-20(26-2)19(14-16)24-22(25)15-23-18-10-6-7-11-21(18)27-17-8-4-3-5-9-17/h3-14,23H,15H2,1-2H3,(H,24,25). The molecule has 3 aromatic rings. The highest BCUT2D eigenvalue weighted by Crippen LogP contribution is 2.33. The predicted molar refractivity (Wildman–Crippen MR) is 112 cm³/mol. The Hall–Kier alpha value is -2.92. The molecule has 0 aliphatic heterocycles. The van der Waals surface area contributed by atoms with E-state index in [1.54, 1.807) is 18.9 Å². The minimum atomic E-state index is -0.126. The molecule has 0 fully saturated rings. The molecule has 138 valence electrons. The van der Waals surface area contributed by atoms with Gasteiger partial charge in [-0.2, -0.15) is 0 Å². The van der Waals surface area contributed by atoms with Gasteiger partial charge in [-0.25, -0.2) is 0 Å². The van der Waals surface area contributed by atoms with Crippen LogP contribution in [0.1, 0.15) is 5.56 Å². The predicted octanol–water partition coefficient (Wildman–Crippen LogP) is 5.21. The fourth-order valence-electron chi connectivity index (χ4n) is 2.61. The molecule has 2 N–H and O–H groups in total. The van der Waals surface area contributed by atoms with Gasteiger partial charge in [0.2, 0.25) is 5.91 Å². The van der Waals surface area contributed by atoms with E-state index in [0.717, 1.165) is 21.0 Å². The van der Waals surface area contributed by atoms with Gasteiger partial charge in [0.1, 0.15) is 5.75 Å². The Morgan fingerprint density at radius 2 is 1.70 bits per heavy atom. The van der Waals surface area contributed by atoms with Gasteiger partial charge in [0.05, 0.1) is 19.3 Å². The normalized spacial score (nSPS) is 10.3. The summed E-state index contributed by atoms with van der Waals surface area (Å²) in [5.74, 6) is 0.521. The van der Waals surface area contributed by atoms with Crippen LogP contribution in [0.5, 0.6) is 5.75 Å². The average Bonchev–Trinajstić information content (AvgIpc) is 2.68. The molecule has 0 atom stereocenters. The largest absolute Gasteiger partial charge is 0.495 e. The van der Waals surface area contributed by atoms with Crippen molar-refractivity contribution >= 4 is 29.0 Å². The zero-order valence-corrected chi connectivity index (χ0v) is 16.2. The van der Waals surface area contributed by atoms with Crippen molar-refractivity contribution in [1.29, 1.82) is 0 Å². The van der Waals surface area contributed by atoms with Crippen molar-refractivity contribution in [2.45, 2.75) is 16.7 Å². The number of anilines is 2. The Balaban J connectivity index is 1.65. The van der Waals surface area contributed by atoms with E-state index in [2.05, 4.69) is 22.8 Å². The molecule has 1 amide bonds. The highest BCUT2D eigenvalue weighted by atomic mass is 32.2. The minimum Gasteiger partial charge on any atom is -0.495 e. The van der Waals surface area contributed by atoms with E-state index < -0.39 is 0 Å². The third-order valence-corrected chi connectivity index (χ3v) is 5.01. The zero-order valence-electron chi connectivity index (χ0n) is 15.4. The number of hydrogen-bond donors (Lipinski definition) is 2. The summed E-state index contributed by atoms with van der Waals surface area (Å²) in [6.07, 6.45) is 0. The van der Waals surface area contributed by atoms with Crippen molar-refractivity contribution in [3.8, 4) is 5.75 Å². The number of amides is 1.